The van der Waals surface area contributed by atoms with Crippen LogP contribution in [0, 0.1) is 0 Å². The second-order valence-corrected chi connectivity index (χ2v) is 4.76. The minimum atomic E-state index is 0.729. The first-order chi connectivity index (χ1) is 9.29. The van der Waals surface area contributed by atoms with Crippen LogP contribution in [-0.2, 0) is 6.54 Å². The molecule has 0 unspecified atom stereocenters. The van der Waals surface area contributed by atoms with Gasteiger partial charge in [0.2, 0.25) is 0 Å². The number of halogens is 1. The number of anilines is 1. The van der Waals surface area contributed by atoms with Gasteiger partial charge in [-0.1, -0.05) is 42.8 Å². The van der Waals surface area contributed by atoms with Gasteiger partial charge in [-0.3, -0.25) is 0 Å². The highest BCUT2D eigenvalue weighted by atomic mass is 35.5. The second kappa shape index (κ2) is 7.05. The Bertz CT molecular complexity index is 528. The third-order valence-electron chi connectivity index (χ3n) is 2.72. The molecule has 0 fully saturated rings. The molecule has 3 heteroatoms. The number of para-hydroxylation sites is 2. The van der Waals surface area contributed by atoms with E-state index in [1.807, 2.05) is 48.5 Å². The van der Waals surface area contributed by atoms with Crippen LogP contribution in [0.25, 0.3) is 0 Å². The van der Waals surface area contributed by atoms with Crippen molar-refractivity contribution >= 4 is 17.3 Å². The van der Waals surface area contributed by atoms with Crippen LogP contribution >= 0.6 is 11.6 Å². The van der Waals surface area contributed by atoms with E-state index in [2.05, 4.69) is 12.2 Å². The van der Waals surface area contributed by atoms with Crippen molar-refractivity contribution in [3.8, 4) is 5.75 Å². The van der Waals surface area contributed by atoms with Crippen LogP contribution in [-0.4, -0.2) is 6.61 Å². The lowest BCUT2D eigenvalue weighted by Gasteiger charge is -2.12. The van der Waals surface area contributed by atoms with Gasteiger partial charge in [0.25, 0.3) is 0 Å². The molecule has 0 saturated carbocycles. The fourth-order valence-electron chi connectivity index (χ4n) is 1.79. The van der Waals surface area contributed by atoms with Gasteiger partial charge in [-0.2, -0.15) is 0 Å². The highest BCUT2D eigenvalue weighted by Crippen LogP contribution is 2.24. The molecule has 2 nitrogen and oxygen atoms in total. The summed E-state index contributed by atoms with van der Waals surface area (Å²) in [5.41, 5.74) is 2.16. The highest BCUT2D eigenvalue weighted by Gasteiger charge is 2.02. The molecule has 0 heterocycles. The molecule has 0 saturated heterocycles. The molecule has 0 spiro atoms. The number of hydrogen-bond acceptors (Lipinski definition) is 2. The summed E-state index contributed by atoms with van der Waals surface area (Å²) >= 11 is 5.97. The Morgan fingerprint density at radius 1 is 1.11 bits per heavy atom. The van der Waals surface area contributed by atoms with Crippen molar-refractivity contribution in [2.75, 3.05) is 11.9 Å². The van der Waals surface area contributed by atoms with Crippen molar-refractivity contribution < 1.29 is 4.74 Å². The summed E-state index contributed by atoms with van der Waals surface area (Å²) in [6.07, 6.45) is 1.00. The van der Waals surface area contributed by atoms with E-state index in [4.69, 9.17) is 16.3 Å². The Morgan fingerprint density at radius 3 is 2.74 bits per heavy atom. The van der Waals surface area contributed by atoms with E-state index in [0.717, 1.165) is 41.6 Å². The first kappa shape index (κ1) is 13.8. The minimum Gasteiger partial charge on any atom is -0.491 e. The number of nitrogens with one attached hydrogen (secondary N) is 1. The van der Waals surface area contributed by atoms with Gasteiger partial charge in [-0.15, -0.1) is 0 Å². The number of hydrogen-bond donors (Lipinski definition) is 1. The summed E-state index contributed by atoms with van der Waals surface area (Å²) in [7, 11) is 0. The summed E-state index contributed by atoms with van der Waals surface area (Å²) in [6.45, 7) is 3.56. The monoisotopic (exact) mass is 275 g/mol. The first-order valence-electron chi connectivity index (χ1n) is 6.49. The van der Waals surface area contributed by atoms with Crippen LogP contribution in [0.5, 0.6) is 5.75 Å². The fraction of sp³-hybridized carbons (Fsp3) is 0.250. The maximum absolute atomic E-state index is 5.97. The maximum Gasteiger partial charge on any atom is 0.142 e. The Balaban J connectivity index is 2.02. The molecule has 0 bridgehead atoms. The topological polar surface area (TPSA) is 21.3 Å². The SMILES string of the molecule is CCCOc1ccccc1NCc1cccc(Cl)c1. The van der Waals surface area contributed by atoms with Crippen molar-refractivity contribution in [2.45, 2.75) is 19.9 Å². The summed E-state index contributed by atoms with van der Waals surface area (Å²) in [4.78, 5) is 0. The largest absolute Gasteiger partial charge is 0.491 e. The van der Waals surface area contributed by atoms with E-state index < -0.39 is 0 Å². The summed E-state index contributed by atoms with van der Waals surface area (Å²) in [5, 5.41) is 4.14. The molecule has 0 aliphatic heterocycles. The molecule has 2 rings (SSSR count). The maximum atomic E-state index is 5.97. The molecule has 0 aromatic heterocycles. The van der Waals surface area contributed by atoms with Gasteiger partial charge in [0.05, 0.1) is 12.3 Å². The van der Waals surface area contributed by atoms with Crippen molar-refractivity contribution in [1.29, 1.82) is 0 Å². The minimum absolute atomic E-state index is 0.729. The molecular weight excluding hydrogens is 258 g/mol. The van der Waals surface area contributed by atoms with E-state index in [-0.39, 0.29) is 0 Å². The van der Waals surface area contributed by atoms with Gasteiger partial charge in [0.15, 0.2) is 0 Å². The molecular formula is C16H18ClNO. The quantitative estimate of drug-likeness (QED) is 0.822. The summed E-state index contributed by atoms with van der Waals surface area (Å²) < 4.78 is 5.71. The Morgan fingerprint density at radius 2 is 1.95 bits per heavy atom. The van der Waals surface area contributed by atoms with Crippen LogP contribution in [0.1, 0.15) is 18.9 Å². The van der Waals surface area contributed by atoms with Gasteiger partial charge >= 0.3 is 0 Å². The lowest BCUT2D eigenvalue weighted by molar-refractivity contribution is 0.319. The zero-order valence-corrected chi connectivity index (χ0v) is 11.8. The first-order valence-corrected chi connectivity index (χ1v) is 6.87. The summed E-state index contributed by atoms with van der Waals surface area (Å²) in [5.74, 6) is 0.895. The molecule has 0 aliphatic rings. The van der Waals surface area contributed by atoms with Gasteiger partial charge in [0.1, 0.15) is 5.75 Å². The van der Waals surface area contributed by atoms with Gasteiger partial charge in [0, 0.05) is 11.6 Å². The van der Waals surface area contributed by atoms with Gasteiger partial charge < -0.3 is 10.1 Å². The Kier molecular flexibility index (Phi) is 5.10. The Labute approximate surface area is 119 Å². The van der Waals surface area contributed by atoms with E-state index >= 15 is 0 Å². The molecule has 1 N–H and O–H groups in total. The third-order valence-corrected chi connectivity index (χ3v) is 2.96. The molecule has 0 aliphatic carbocycles. The van der Waals surface area contributed by atoms with E-state index in [9.17, 15) is 0 Å². The van der Waals surface area contributed by atoms with Crippen molar-refractivity contribution in [2.24, 2.45) is 0 Å². The van der Waals surface area contributed by atoms with Crippen LogP contribution in [0.4, 0.5) is 5.69 Å². The second-order valence-electron chi connectivity index (χ2n) is 4.33. The van der Waals surface area contributed by atoms with Crippen LogP contribution < -0.4 is 10.1 Å². The zero-order chi connectivity index (χ0) is 13.5. The third kappa shape index (κ3) is 4.18. The fourth-order valence-corrected chi connectivity index (χ4v) is 2.01. The van der Waals surface area contributed by atoms with Crippen molar-refractivity contribution in [1.82, 2.24) is 0 Å². The number of ether oxygens (including phenoxy) is 1. The van der Waals surface area contributed by atoms with Crippen molar-refractivity contribution in [3.63, 3.8) is 0 Å². The molecule has 100 valence electrons. The predicted molar refractivity (Wildman–Crippen MR) is 81.0 cm³/mol. The average Bonchev–Trinajstić information content (AvgIpc) is 2.44. The van der Waals surface area contributed by atoms with Crippen LogP contribution in [0.3, 0.4) is 0 Å². The predicted octanol–water partition coefficient (Wildman–Crippen LogP) is 4.74. The van der Waals surface area contributed by atoms with E-state index in [1.165, 1.54) is 0 Å². The molecule has 2 aromatic rings. The van der Waals surface area contributed by atoms with Crippen LogP contribution in [0.2, 0.25) is 5.02 Å². The molecule has 0 atom stereocenters. The van der Waals surface area contributed by atoms with Crippen LogP contribution in [0.15, 0.2) is 48.5 Å². The molecule has 19 heavy (non-hydrogen) atoms. The lowest BCUT2D eigenvalue weighted by Crippen LogP contribution is -2.03. The van der Waals surface area contributed by atoms with Gasteiger partial charge in [-0.25, -0.2) is 0 Å². The molecule has 0 amide bonds. The van der Waals surface area contributed by atoms with Gasteiger partial charge in [-0.05, 0) is 36.2 Å². The van der Waals surface area contributed by atoms with E-state index in [0.29, 0.717) is 0 Å². The average molecular weight is 276 g/mol. The molecule has 2 aromatic carbocycles. The van der Waals surface area contributed by atoms with E-state index in [1.54, 1.807) is 0 Å². The normalized spacial score (nSPS) is 10.2. The smallest absolute Gasteiger partial charge is 0.142 e. The lowest BCUT2D eigenvalue weighted by atomic mass is 10.2. The number of benzene rings is 2. The summed E-state index contributed by atoms with van der Waals surface area (Å²) in [6, 6.07) is 15.8. The number of rotatable bonds is 6. The zero-order valence-electron chi connectivity index (χ0n) is 11.0. The highest BCUT2D eigenvalue weighted by molar-refractivity contribution is 6.30. The Hall–Kier alpha value is -1.67. The molecule has 0 radical (unpaired) electrons. The van der Waals surface area contributed by atoms with Crippen molar-refractivity contribution in [3.05, 3.63) is 59.1 Å². The standard InChI is InChI=1S/C16H18ClNO/c1-2-10-19-16-9-4-3-8-15(16)18-12-13-6-5-7-14(17)11-13/h3-9,11,18H,2,10,12H2,1H3.